The Labute approximate surface area is 377 Å². The molecule has 4 heterocycles. The molecule has 5 fully saturated rings. The highest BCUT2D eigenvalue weighted by molar-refractivity contribution is 5.76. The van der Waals surface area contributed by atoms with Crippen LogP contribution in [0.4, 0.5) is 22.8 Å². The van der Waals surface area contributed by atoms with E-state index in [1.165, 1.54) is 70.9 Å². The number of carbonyl (C=O) groups is 3. The van der Waals surface area contributed by atoms with Crippen LogP contribution in [0.25, 0.3) is 0 Å². The van der Waals surface area contributed by atoms with Crippen LogP contribution in [-0.4, -0.2) is 88.1 Å². The molecule has 4 bridgehead atoms. The van der Waals surface area contributed by atoms with Crippen LogP contribution in [-0.2, 0) is 4.79 Å². The van der Waals surface area contributed by atoms with E-state index in [0.717, 1.165) is 64.2 Å². The van der Waals surface area contributed by atoms with Gasteiger partial charge in [0, 0.05) is 42.8 Å². The Morgan fingerprint density at radius 2 is 0.984 bits per heavy atom. The second-order valence-electron chi connectivity index (χ2n) is 20.3. The second kappa shape index (κ2) is 20.7. The number of hydrogen-bond donors (Lipinski definition) is 6. The third-order valence-electron chi connectivity index (χ3n) is 16.3. The van der Waals surface area contributed by atoms with Crippen molar-refractivity contribution >= 4 is 18.0 Å². The van der Waals surface area contributed by atoms with Crippen molar-refractivity contribution in [2.24, 2.45) is 17.8 Å². The zero-order chi connectivity index (χ0) is 44.8. The normalized spacial score (nSPS) is 29.8. The van der Waals surface area contributed by atoms with Gasteiger partial charge in [0.1, 0.15) is 0 Å². The number of hydrogen-bond acceptors (Lipinski definition) is 6. The summed E-state index contributed by atoms with van der Waals surface area (Å²) < 4.78 is 31.7. The maximum absolute atomic E-state index is 13.7. The molecule has 0 radical (unpaired) electrons. The van der Waals surface area contributed by atoms with E-state index >= 15 is 0 Å². The molecular weight excluding hydrogens is 822 g/mol. The van der Waals surface area contributed by atoms with Gasteiger partial charge in [-0.2, -0.15) is 13.2 Å². The molecule has 11 nitrogen and oxygen atoms in total. The molecule has 2 aromatic rings. The van der Waals surface area contributed by atoms with Crippen LogP contribution < -0.4 is 21.3 Å². The first kappa shape index (κ1) is 46.6. The lowest BCUT2D eigenvalue weighted by atomic mass is 9.79. The number of nitrogens with zero attached hydrogens (tertiary/aromatic N) is 2. The molecule has 3 saturated carbocycles. The summed E-state index contributed by atoms with van der Waals surface area (Å²) in [5.74, 6) is -0.899. The van der Waals surface area contributed by atoms with Crippen molar-refractivity contribution in [3.8, 4) is 0 Å². The zero-order valence-corrected chi connectivity index (χ0v) is 37.4. The van der Waals surface area contributed by atoms with Crippen LogP contribution in [0.15, 0.2) is 48.5 Å². The number of carbonyl (C=O) groups excluding carboxylic acids is 2. The number of aliphatic hydroxyl groups excluding tert-OH is 1. The number of carboxylic acids is 1. The highest BCUT2D eigenvalue weighted by Gasteiger charge is 2.45. The third-order valence-corrected chi connectivity index (χ3v) is 16.3. The van der Waals surface area contributed by atoms with Gasteiger partial charge in [0.15, 0.2) is 0 Å². The Hall–Kier alpha value is -3.88. The number of carboxylic acid groups (broad SMARTS) is 1. The standard InChI is InChI=1S/C48H70N6O3.C2HF3O2/c55-32-48(30-35-8-2-1-3-9-35,52-47(57)51-37-20-16-34(17-21-37)27-29-54-44-24-25-45(54)41-13-7-6-12-40(41)44)31-49-46(56)50-36-18-14-33(15-19-36)26-28-53-42-22-23-43(53)39-11-5-4-10-38(39)42;3-2(4,5)1(6)7/h4-7,10-13,33-37,42-45,55H,1-3,8-9,14-32H2,(H2,49,50,56)(H2,51,52,57);(H,6,7)/t33?,34?,36?,37?,42-,43+,44-,45+,48?;. The van der Waals surface area contributed by atoms with E-state index in [4.69, 9.17) is 9.90 Å². The fourth-order valence-corrected chi connectivity index (χ4v) is 13.0. The molecule has 9 rings (SSSR count). The van der Waals surface area contributed by atoms with Crippen LogP contribution in [0.1, 0.15) is 175 Å². The zero-order valence-electron chi connectivity index (χ0n) is 37.4. The average Bonchev–Trinajstić information content (AvgIpc) is 4.06. The van der Waals surface area contributed by atoms with Crippen LogP contribution in [0.3, 0.4) is 0 Å². The molecule has 64 heavy (non-hydrogen) atoms. The van der Waals surface area contributed by atoms with Crippen molar-refractivity contribution in [2.75, 3.05) is 26.2 Å². The fourth-order valence-electron chi connectivity index (χ4n) is 13.0. The molecule has 0 spiro atoms. The highest BCUT2D eigenvalue weighted by Crippen LogP contribution is 2.54. The number of urea groups is 2. The largest absolute Gasteiger partial charge is 0.490 e. The van der Waals surface area contributed by atoms with E-state index in [0.29, 0.717) is 48.3 Å². The minimum atomic E-state index is -5.08. The number of fused-ring (bicyclic) bond motifs is 10. The summed E-state index contributed by atoms with van der Waals surface area (Å²) in [7, 11) is 0. The Bertz CT molecular complexity index is 1830. The molecule has 2 aromatic carbocycles. The van der Waals surface area contributed by atoms with E-state index in [-0.39, 0.29) is 37.3 Å². The summed E-state index contributed by atoms with van der Waals surface area (Å²) in [6.45, 7) is 2.38. The molecule has 2 saturated heterocycles. The second-order valence-corrected chi connectivity index (χ2v) is 20.3. The minimum Gasteiger partial charge on any atom is -0.475 e. The van der Waals surface area contributed by atoms with Crippen LogP contribution >= 0.6 is 0 Å². The van der Waals surface area contributed by atoms with E-state index < -0.39 is 17.7 Å². The Kier molecular flexibility index (Phi) is 15.1. The molecule has 5 atom stereocenters. The van der Waals surface area contributed by atoms with Gasteiger partial charge < -0.3 is 31.5 Å². The fraction of sp³-hybridized carbons (Fsp3) is 0.700. The van der Waals surface area contributed by atoms with Gasteiger partial charge in [0.25, 0.3) is 0 Å². The minimum absolute atomic E-state index is 0.146. The number of nitrogens with one attached hydrogen (secondary N) is 4. The number of aliphatic carboxylic acids is 1. The van der Waals surface area contributed by atoms with E-state index in [1.54, 1.807) is 22.3 Å². The molecular formula is C50H71F3N6O5. The van der Waals surface area contributed by atoms with E-state index in [9.17, 15) is 27.9 Å². The smallest absolute Gasteiger partial charge is 0.475 e. The number of rotatable bonds is 14. The van der Waals surface area contributed by atoms with Crippen molar-refractivity contribution in [2.45, 2.75) is 176 Å². The average molecular weight is 893 g/mol. The Balaban J connectivity index is 0.000000741. The van der Waals surface area contributed by atoms with Gasteiger partial charge in [-0.1, -0.05) is 80.6 Å². The number of alkyl halides is 3. The van der Waals surface area contributed by atoms with Gasteiger partial charge in [0.2, 0.25) is 0 Å². The molecule has 352 valence electrons. The van der Waals surface area contributed by atoms with Crippen LogP contribution in [0.5, 0.6) is 0 Å². The van der Waals surface area contributed by atoms with Gasteiger partial charge in [-0.3, -0.25) is 9.80 Å². The predicted molar refractivity (Wildman–Crippen MR) is 239 cm³/mol. The van der Waals surface area contributed by atoms with Crippen molar-refractivity contribution in [3.63, 3.8) is 0 Å². The lowest BCUT2D eigenvalue weighted by Gasteiger charge is -2.38. The summed E-state index contributed by atoms with van der Waals surface area (Å²) in [5.41, 5.74) is 5.36. The lowest BCUT2D eigenvalue weighted by Crippen LogP contribution is -2.62. The highest BCUT2D eigenvalue weighted by atomic mass is 19.4. The van der Waals surface area contributed by atoms with Crippen molar-refractivity contribution < 1.29 is 37.8 Å². The summed E-state index contributed by atoms with van der Waals surface area (Å²) in [4.78, 5) is 41.4. The Morgan fingerprint density at radius 3 is 1.38 bits per heavy atom. The van der Waals surface area contributed by atoms with Gasteiger partial charge in [-0.05, 0) is 149 Å². The maximum Gasteiger partial charge on any atom is 0.490 e. The first-order chi connectivity index (χ1) is 30.9. The monoisotopic (exact) mass is 893 g/mol. The lowest BCUT2D eigenvalue weighted by molar-refractivity contribution is -0.192. The Morgan fingerprint density at radius 1 is 0.578 bits per heavy atom. The van der Waals surface area contributed by atoms with Crippen molar-refractivity contribution in [1.82, 2.24) is 31.1 Å². The quantitative estimate of drug-likeness (QED) is 0.111. The van der Waals surface area contributed by atoms with Gasteiger partial charge >= 0.3 is 24.2 Å². The van der Waals surface area contributed by atoms with E-state index in [1.807, 2.05) is 0 Å². The van der Waals surface area contributed by atoms with Gasteiger partial charge in [-0.25, -0.2) is 14.4 Å². The number of benzene rings is 2. The van der Waals surface area contributed by atoms with Crippen LogP contribution in [0.2, 0.25) is 0 Å². The van der Waals surface area contributed by atoms with Gasteiger partial charge in [-0.15, -0.1) is 0 Å². The third kappa shape index (κ3) is 11.0. The summed E-state index contributed by atoms with van der Waals surface area (Å²) in [6.07, 6.45) is 17.7. The molecule has 1 unspecified atom stereocenters. The summed E-state index contributed by atoms with van der Waals surface area (Å²) >= 11 is 0. The summed E-state index contributed by atoms with van der Waals surface area (Å²) in [5, 5.41) is 30.9. The van der Waals surface area contributed by atoms with Crippen molar-refractivity contribution in [1.29, 1.82) is 0 Å². The predicted octanol–water partition coefficient (Wildman–Crippen LogP) is 9.60. The molecule has 3 aliphatic carbocycles. The van der Waals surface area contributed by atoms with Crippen molar-refractivity contribution in [3.05, 3.63) is 70.8 Å². The number of halogens is 3. The number of aliphatic hydroxyl groups is 1. The molecule has 0 aromatic heterocycles. The molecule has 6 N–H and O–H groups in total. The first-order valence-corrected chi connectivity index (χ1v) is 24.6. The topological polar surface area (TPSA) is 146 Å². The molecule has 4 aliphatic heterocycles. The SMILES string of the molecule is O=C(NCC(CO)(CC1CCCCC1)NC(=O)NC1CCC(CCN2[C@@H]3CC[C@H]2c2ccccc23)CC1)NC1CCC(CCN2[C@@H]3CC[C@H]2c2ccccc23)CC1.O=C(O)C(F)(F)F. The molecule has 4 amide bonds. The maximum atomic E-state index is 13.7. The molecule has 14 heteroatoms. The number of amides is 4. The molecule has 7 aliphatic rings. The van der Waals surface area contributed by atoms with Crippen LogP contribution in [0, 0.1) is 17.8 Å². The summed E-state index contributed by atoms with van der Waals surface area (Å²) in [6, 6.07) is 20.5. The first-order valence-electron chi connectivity index (χ1n) is 24.6. The van der Waals surface area contributed by atoms with Gasteiger partial charge in [0.05, 0.1) is 12.1 Å². The van der Waals surface area contributed by atoms with E-state index in [2.05, 4.69) is 79.6 Å².